The van der Waals surface area contributed by atoms with E-state index in [1.54, 1.807) is 12.1 Å². The number of anilines is 2. The van der Waals surface area contributed by atoms with Crippen molar-refractivity contribution in [2.24, 2.45) is 0 Å². The van der Waals surface area contributed by atoms with Gasteiger partial charge in [0.15, 0.2) is 0 Å². The zero-order chi connectivity index (χ0) is 15.6. The smallest absolute Gasteiger partial charge is 0.229 e. The Morgan fingerprint density at radius 2 is 2.05 bits per heavy atom. The van der Waals surface area contributed by atoms with Crippen LogP contribution in [0, 0.1) is 5.82 Å². The van der Waals surface area contributed by atoms with Crippen molar-refractivity contribution in [2.45, 2.75) is 6.42 Å². The molecule has 3 N–H and O–H groups in total. The molecule has 0 aliphatic heterocycles. The Hall–Kier alpha value is -1.11. The van der Waals surface area contributed by atoms with Crippen molar-refractivity contribution in [1.82, 2.24) is 0 Å². The van der Waals surface area contributed by atoms with Crippen molar-refractivity contribution >= 4 is 60.7 Å². The fourth-order valence-corrected chi connectivity index (χ4v) is 3.36. The number of hydrogen-bond acceptors (Lipinski definition) is 2. The number of carbonyl (C=O) groups excluding carboxylic acids is 1. The largest absolute Gasteiger partial charge is 0.397 e. The molecule has 21 heavy (non-hydrogen) atoms. The molecule has 2 rings (SSSR count). The van der Waals surface area contributed by atoms with Crippen molar-refractivity contribution in [3.8, 4) is 0 Å². The Morgan fingerprint density at radius 3 is 2.67 bits per heavy atom. The minimum Gasteiger partial charge on any atom is -0.397 e. The number of carbonyl (C=O) groups is 1. The molecular formula is C14H10Br2ClFN2O. The second kappa shape index (κ2) is 6.77. The van der Waals surface area contributed by atoms with Crippen molar-refractivity contribution < 1.29 is 9.18 Å². The molecule has 2 aromatic carbocycles. The summed E-state index contributed by atoms with van der Waals surface area (Å²) >= 11 is 12.5. The maximum atomic E-state index is 13.7. The van der Waals surface area contributed by atoms with E-state index in [1.165, 1.54) is 18.2 Å². The van der Waals surface area contributed by atoms with E-state index in [2.05, 4.69) is 37.2 Å². The van der Waals surface area contributed by atoms with Gasteiger partial charge in [-0.3, -0.25) is 4.79 Å². The monoisotopic (exact) mass is 434 g/mol. The molecule has 0 unspecified atom stereocenters. The zero-order valence-electron chi connectivity index (χ0n) is 10.6. The molecule has 0 fully saturated rings. The third-order valence-electron chi connectivity index (χ3n) is 2.75. The van der Waals surface area contributed by atoms with Crippen molar-refractivity contribution in [1.29, 1.82) is 0 Å². The summed E-state index contributed by atoms with van der Waals surface area (Å²) < 4.78 is 15.1. The van der Waals surface area contributed by atoms with Gasteiger partial charge in [-0.1, -0.05) is 33.6 Å². The van der Waals surface area contributed by atoms with Crippen LogP contribution in [-0.2, 0) is 11.2 Å². The second-order valence-corrected chi connectivity index (χ2v) is 6.45. The van der Waals surface area contributed by atoms with Crippen molar-refractivity contribution in [2.75, 3.05) is 11.1 Å². The van der Waals surface area contributed by atoms with E-state index in [0.717, 1.165) is 4.47 Å². The van der Waals surface area contributed by atoms with Gasteiger partial charge < -0.3 is 11.1 Å². The SMILES string of the molecule is Nc1cc(Br)cc(Br)c1NC(=O)Cc1c(F)cccc1Cl. The molecule has 110 valence electrons. The number of nitrogens with two attached hydrogens (primary N) is 1. The van der Waals surface area contributed by atoms with Crippen LogP contribution in [-0.4, -0.2) is 5.91 Å². The number of nitrogens with one attached hydrogen (secondary N) is 1. The Labute approximate surface area is 142 Å². The molecule has 3 nitrogen and oxygen atoms in total. The quantitative estimate of drug-likeness (QED) is 0.682. The van der Waals surface area contributed by atoms with E-state index in [-0.39, 0.29) is 17.0 Å². The summed E-state index contributed by atoms with van der Waals surface area (Å²) in [6.45, 7) is 0. The summed E-state index contributed by atoms with van der Waals surface area (Å²) in [6.07, 6.45) is -0.173. The number of nitrogen functional groups attached to an aromatic ring is 1. The van der Waals surface area contributed by atoms with Gasteiger partial charge in [0.25, 0.3) is 0 Å². The number of hydrogen-bond donors (Lipinski definition) is 2. The van der Waals surface area contributed by atoms with Crippen LogP contribution >= 0.6 is 43.5 Å². The average molecular weight is 437 g/mol. The van der Waals surface area contributed by atoms with Crippen LogP contribution in [0.1, 0.15) is 5.56 Å². The molecule has 1 amide bonds. The predicted octanol–water partition coefficient (Wildman–Crippen LogP) is 4.77. The van der Waals surface area contributed by atoms with Crippen LogP contribution in [0.25, 0.3) is 0 Å². The minimum absolute atomic E-state index is 0.156. The summed E-state index contributed by atoms with van der Waals surface area (Å²) in [6, 6.07) is 7.70. The fourth-order valence-electron chi connectivity index (χ4n) is 1.77. The Bertz CT molecular complexity index is 666. The lowest BCUT2D eigenvalue weighted by molar-refractivity contribution is -0.115. The highest BCUT2D eigenvalue weighted by Crippen LogP contribution is 2.32. The topological polar surface area (TPSA) is 55.1 Å². The lowest BCUT2D eigenvalue weighted by Crippen LogP contribution is -2.17. The van der Waals surface area contributed by atoms with Gasteiger partial charge in [-0.25, -0.2) is 4.39 Å². The van der Waals surface area contributed by atoms with Crippen molar-refractivity contribution in [3.05, 3.63) is 55.7 Å². The lowest BCUT2D eigenvalue weighted by Gasteiger charge is -2.12. The summed E-state index contributed by atoms with van der Waals surface area (Å²) in [5, 5.41) is 2.87. The summed E-state index contributed by atoms with van der Waals surface area (Å²) in [5.41, 5.74) is 6.84. The van der Waals surface area contributed by atoms with Crippen LogP contribution in [0.15, 0.2) is 39.3 Å². The lowest BCUT2D eigenvalue weighted by atomic mass is 10.1. The number of halogens is 4. The summed E-state index contributed by atoms with van der Waals surface area (Å²) in [4.78, 5) is 12.1. The highest BCUT2D eigenvalue weighted by atomic mass is 79.9. The number of benzene rings is 2. The van der Waals surface area contributed by atoms with Crippen LogP contribution in [0.4, 0.5) is 15.8 Å². The molecule has 0 spiro atoms. The van der Waals surface area contributed by atoms with Crippen LogP contribution in [0.5, 0.6) is 0 Å². The molecule has 0 aromatic heterocycles. The van der Waals surface area contributed by atoms with E-state index < -0.39 is 11.7 Å². The minimum atomic E-state index is -0.513. The van der Waals surface area contributed by atoms with Gasteiger partial charge in [0.05, 0.1) is 17.8 Å². The van der Waals surface area contributed by atoms with E-state index in [4.69, 9.17) is 17.3 Å². The molecule has 0 aliphatic carbocycles. The first-order valence-electron chi connectivity index (χ1n) is 5.85. The van der Waals surface area contributed by atoms with Crippen LogP contribution < -0.4 is 11.1 Å². The van der Waals surface area contributed by atoms with Gasteiger partial charge >= 0.3 is 0 Å². The molecule has 0 aliphatic rings. The van der Waals surface area contributed by atoms with Gasteiger partial charge in [-0.15, -0.1) is 0 Å². The first-order chi connectivity index (χ1) is 9.88. The number of amides is 1. The third kappa shape index (κ3) is 3.96. The van der Waals surface area contributed by atoms with Gasteiger partial charge in [-0.2, -0.15) is 0 Å². The summed E-state index contributed by atoms with van der Waals surface area (Å²) in [7, 11) is 0. The highest BCUT2D eigenvalue weighted by Gasteiger charge is 2.14. The maximum absolute atomic E-state index is 13.7. The normalized spacial score (nSPS) is 10.5. The standard InChI is InChI=1S/C14H10Br2ClFN2O/c15-7-4-9(16)14(12(19)5-7)20-13(21)6-8-10(17)2-1-3-11(8)18/h1-5H,6,19H2,(H,20,21). The van der Waals surface area contributed by atoms with Crippen LogP contribution in [0.3, 0.4) is 0 Å². The summed E-state index contributed by atoms with van der Waals surface area (Å²) in [5.74, 6) is -0.919. The fraction of sp³-hybridized carbons (Fsp3) is 0.0714. The third-order valence-corrected chi connectivity index (χ3v) is 4.19. The van der Waals surface area contributed by atoms with E-state index in [9.17, 15) is 9.18 Å². The molecule has 0 saturated heterocycles. The van der Waals surface area contributed by atoms with E-state index in [1.807, 2.05) is 0 Å². The predicted molar refractivity (Wildman–Crippen MR) is 90.0 cm³/mol. The molecule has 7 heteroatoms. The molecular weight excluding hydrogens is 426 g/mol. The highest BCUT2D eigenvalue weighted by molar-refractivity contribution is 9.11. The van der Waals surface area contributed by atoms with Gasteiger partial charge in [0, 0.05) is 19.5 Å². The van der Waals surface area contributed by atoms with Crippen LogP contribution in [0.2, 0.25) is 5.02 Å². The zero-order valence-corrected chi connectivity index (χ0v) is 14.5. The van der Waals surface area contributed by atoms with E-state index in [0.29, 0.717) is 15.8 Å². The van der Waals surface area contributed by atoms with E-state index >= 15 is 0 Å². The average Bonchev–Trinajstić information content (AvgIpc) is 2.38. The second-order valence-electron chi connectivity index (χ2n) is 4.28. The number of rotatable bonds is 3. The molecule has 0 saturated carbocycles. The molecule has 0 atom stereocenters. The molecule has 0 heterocycles. The Kier molecular flexibility index (Phi) is 5.24. The molecule has 0 radical (unpaired) electrons. The first kappa shape index (κ1) is 16.3. The van der Waals surface area contributed by atoms with Gasteiger partial charge in [-0.05, 0) is 40.2 Å². The first-order valence-corrected chi connectivity index (χ1v) is 7.82. The Morgan fingerprint density at radius 1 is 1.33 bits per heavy atom. The molecule has 2 aromatic rings. The molecule has 0 bridgehead atoms. The maximum Gasteiger partial charge on any atom is 0.229 e. The van der Waals surface area contributed by atoms with Gasteiger partial charge in [0.2, 0.25) is 5.91 Å². The van der Waals surface area contributed by atoms with Crippen molar-refractivity contribution in [3.63, 3.8) is 0 Å². The van der Waals surface area contributed by atoms with Gasteiger partial charge in [0.1, 0.15) is 5.82 Å². The Balaban J connectivity index is 2.20.